The molecule has 1 aromatic carbocycles. The highest BCUT2D eigenvalue weighted by molar-refractivity contribution is 7.09. The molecule has 5 heteroatoms. The van der Waals surface area contributed by atoms with Crippen molar-refractivity contribution in [1.82, 2.24) is 10.3 Å². The van der Waals surface area contributed by atoms with Crippen LogP contribution in [0.4, 0.5) is 5.69 Å². The Morgan fingerprint density at radius 2 is 2.20 bits per heavy atom. The van der Waals surface area contributed by atoms with Gasteiger partial charge in [0.15, 0.2) is 0 Å². The second-order valence-corrected chi connectivity index (χ2v) is 5.44. The zero-order valence-electron chi connectivity index (χ0n) is 11.2. The Hall–Kier alpha value is -2.14. The van der Waals surface area contributed by atoms with Gasteiger partial charge in [0.2, 0.25) is 5.91 Å². The molecule has 20 heavy (non-hydrogen) atoms. The SMILES string of the molecule is CC(CNC(=O)/C=C/c1ccc(N)cc1)c1nccs1. The van der Waals surface area contributed by atoms with Crippen molar-refractivity contribution >= 4 is 29.0 Å². The number of anilines is 1. The lowest BCUT2D eigenvalue weighted by atomic mass is 10.2. The van der Waals surface area contributed by atoms with Gasteiger partial charge in [0.25, 0.3) is 0 Å². The average Bonchev–Trinajstić information content (AvgIpc) is 2.98. The molecule has 0 bridgehead atoms. The highest BCUT2D eigenvalue weighted by atomic mass is 32.1. The van der Waals surface area contributed by atoms with Crippen molar-refractivity contribution in [1.29, 1.82) is 0 Å². The fourth-order valence-electron chi connectivity index (χ4n) is 1.66. The second-order valence-electron chi connectivity index (χ2n) is 4.52. The summed E-state index contributed by atoms with van der Waals surface area (Å²) < 4.78 is 0. The molecule has 0 saturated heterocycles. The van der Waals surface area contributed by atoms with Gasteiger partial charge >= 0.3 is 0 Å². The molecule has 0 spiro atoms. The fraction of sp³-hybridized carbons (Fsp3) is 0.200. The number of hydrogen-bond acceptors (Lipinski definition) is 4. The lowest BCUT2D eigenvalue weighted by molar-refractivity contribution is -0.116. The Balaban J connectivity index is 1.82. The van der Waals surface area contributed by atoms with Gasteiger partial charge < -0.3 is 11.1 Å². The first-order valence-corrected chi connectivity index (χ1v) is 7.24. The van der Waals surface area contributed by atoms with E-state index in [0.29, 0.717) is 12.2 Å². The minimum atomic E-state index is -0.106. The van der Waals surface area contributed by atoms with Crippen molar-refractivity contribution in [2.45, 2.75) is 12.8 Å². The van der Waals surface area contributed by atoms with Crippen LogP contribution in [0.25, 0.3) is 6.08 Å². The number of amides is 1. The van der Waals surface area contributed by atoms with Crippen LogP contribution in [-0.2, 0) is 4.79 Å². The summed E-state index contributed by atoms with van der Waals surface area (Å²) in [6.45, 7) is 2.63. The van der Waals surface area contributed by atoms with E-state index < -0.39 is 0 Å². The van der Waals surface area contributed by atoms with Crippen LogP contribution in [0.1, 0.15) is 23.4 Å². The molecule has 0 radical (unpaired) electrons. The number of benzene rings is 1. The van der Waals surface area contributed by atoms with Crippen molar-refractivity contribution in [3.63, 3.8) is 0 Å². The molecule has 4 nitrogen and oxygen atoms in total. The molecule has 104 valence electrons. The molecule has 3 N–H and O–H groups in total. The van der Waals surface area contributed by atoms with Gasteiger partial charge in [0, 0.05) is 35.8 Å². The van der Waals surface area contributed by atoms with Gasteiger partial charge in [-0.3, -0.25) is 4.79 Å². The summed E-state index contributed by atoms with van der Waals surface area (Å²) in [5.41, 5.74) is 7.26. The van der Waals surface area contributed by atoms with Crippen LogP contribution in [0.5, 0.6) is 0 Å². The molecular formula is C15H17N3OS. The molecule has 1 atom stereocenters. The third kappa shape index (κ3) is 4.20. The highest BCUT2D eigenvalue weighted by Crippen LogP contribution is 2.16. The first-order chi connectivity index (χ1) is 9.65. The standard InChI is InChI=1S/C15H17N3OS/c1-11(15-17-8-9-20-15)10-18-14(19)7-4-12-2-5-13(16)6-3-12/h2-9,11H,10,16H2,1H3,(H,18,19)/b7-4+. The number of carbonyl (C=O) groups is 1. The molecule has 0 aliphatic heterocycles. The number of nitrogens with one attached hydrogen (secondary N) is 1. The predicted molar refractivity (Wildman–Crippen MR) is 83.4 cm³/mol. The molecule has 0 aliphatic rings. The molecular weight excluding hydrogens is 270 g/mol. The van der Waals surface area contributed by atoms with Crippen LogP contribution in [0.3, 0.4) is 0 Å². The van der Waals surface area contributed by atoms with E-state index in [-0.39, 0.29) is 11.8 Å². The van der Waals surface area contributed by atoms with Crippen LogP contribution < -0.4 is 11.1 Å². The van der Waals surface area contributed by atoms with E-state index in [0.717, 1.165) is 10.6 Å². The zero-order chi connectivity index (χ0) is 14.4. The van der Waals surface area contributed by atoms with Crippen molar-refractivity contribution < 1.29 is 4.79 Å². The molecule has 2 aromatic rings. The summed E-state index contributed by atoms with van der Waals surface area (Å²) >= 11 is 1.60. The van der Waals surface area contributed by atoms with Gasteiger partial charge in [0.1, 0.15) is 0 Å². The van der Waals surface area contributed by atoms with Gasteiger partial charge in [-0.1, -0.05) is 19.1 Å². The van der Waals surface area contributed by atoms with E-state index in [1.807, 2.05) is 36.6 Å². The normalized spacial score (nSPS) is 12.4. The van der Waals surface area contributed by atoms with Gasteiger partial charge in [0.05, 0.1) is 5.01 Å². The molecule has 1 aromatic heterocycles. The van der Waals surface area contributed by atoms with Crippen molar-refractivity contribution in [3.8, 4) is 0 Å². The van der Waals surface area contributed by atoms with Crippen LogP contribution in [0, 0.1) is 0 Å². The number of carbonyl (C=O) groups excluding carboxylic acids is 1. The number of hydrogen-bond donors (Lipinski definition) is 2. The van der Waals surface area contributed by atoms with Crippen LogP contribution >= 0.6 is 11.3 Å². The maximum atomic E-state index is 11.7. The van der Waals surface area contributed by atoms with Crippen LogP contribution in [0.15, 0.2) is 41.9 Å². The molecule has 0 saturated carbocycles. The Bertz CT molecular complexity index is 576. The Morgan fingerprint density at radius 1 is 1.45 bits per heavy atom. The summed E-state index contributed by atoms with van der Waals surface area (Å²) in [5.74, 6) is 0.120. The topological polar surface area (TPSA) is 68.0 Å². The smallest absolute Gasteiger partial charge is 0.244 e. The summed E-state index contributed by atoms with van der Waals surface area (Å²) in [6.07, 6.45) is 5.07. The number of nitrogen functional groups attached to an aromatic ring is 1. The second kappa shape index (κ2) is 6.86. The monoisotopic (exact) mass is 287 g/mol. The van der Waals surface area contributed by atoms with Crippen molar-refractivity contribution in [3.05, 3.63) is 52.5 Å². The Kier molecular flexibility index (Phi) is 4.90. The van der Waals surface area contributed by atoms with E-state index >= 15 is 0 Å². The van der Waals surface area contributed by atoms with Crippen molar-refractivity contribution in [2.75, 3.05) is 12.3 Å². The molecule has 0 fully saturated rings. The number of rotatable bonds is 5. The molecule has 1 amide bonds. The largest absolute Gasteiger partial charge is 0.399 e. The van der Waals surface area contributed by atoms with E-state index in [2.05, 4.69) is 10.3 Å². The zero-order valence-corrected chi connectivity index (χ0v) is 12.1. The van der Waals surface area contributed by atoms with Gasteiger partial charge in [-0.2, -0.15) is 0 Å². The minimum absolute atomic E-state index is 0.106. The van der Waals surface area contributed by atoms with Gasteiger partial charge in [-0.05, 0) is 23.8 Å². The maximum absolute atomic E-state index is 11.7. The van der Waals surface area contributed by atoms with E-state index in [9.17, 15) is 4.79 Å². The summed E-state index contributed by atoms with van der Waals surface area (Å²) in [4.78, 5) is 16.0. The minimum Gasteiger partial charge on any atom is -0.399 e. The lowest BCUT2D eigenvalue weighted by Crippen LogP contribution is -2.25. The van der Waals surface area contributed by atoms with E-state index in [1.54, 1.807) is 23.6 Å². The number of thiazole rings is 1. The third-order valence-corrected chi connectivity index (χ3v) is 3.83. The molecule has 1 heterocycles. The number of aromatic nitrogens is 1. The Labute approximate surface area is 122 Å². The maximum Gasteiger partial charge on any atom is 0.244 e. The van der Waals surface area contributed by atoms with Crippen LogP contribution in [0.2, 0.25) is 0 Å². The first-order valence-electron chi connectivity index (χ1n) is 6.36. The molecule has 0 aliphatic carbocycles. The summed E-state index contributed by atoms with van der Waals surface area (Å²) in [7, 11) is 0. The lowest BCUT2D eigenvalue weighted by Gasteiger charge is -2.08. The highest BCUT2D eigenvalue weighted by Gasteiger charge is 2.08. The van der Waals surface area contributed by atoms with Gasteiger partial charge in [-0.25, -0.2) is 4.98 Å². The van der Waals surface area contributed by atoms with E-state index in [4.69, 9.17) is 5.73 Å². The predicted octanol–water partition coefficient (Wildman–Crippen LogP) is 2.66. The van der Waals surface area contributed by atoms with Gasteiger partial charge in [-0.15, -0.1) is 11.3 Å². The van der Waals surface area contributed by atoms with Crippen molar-refractivity contribution in [2.24, 2.45) is 0 Å². The quantitative estimate of drug-likeness (QED) is 0.656. The third-order valence-electron chi connectivity index (χ3n) is 2.82. The first kappa shape index (κ1) is 14.3. The fourth-order valence-corrected chi connectivity index (χ4v) is 2.36. The summed E-state index contributed by atoms with van der Waals surface area (Å²) in [5, 5.41) is 5.84. The average molecular weight is 287 g/mol. The van der Waals surface area contributed by atoms with E-state index in [1.165, 1.54) is 6.08 Å². The summed E-state index contributed by atoms with van der Waals surface area (Å²) in [6, 6.07) is 7.36. The number of nitrogens with two attached hydrogens (primary N) is 1. The Morgan fingerprint density at radius 3 is 2.85 bits per heavy atom. The molecule has 2 rings (SSSR count). The van der Waals surface area contributed by atoms with Crippen LogP contribution in [-0.4, -0.2) is 17.4 Å². The number of nitrogens with zero attached hydrogens (tertiary/aromatic N) is 1. The molecule has 1 unspecified atom stereocenters.